The molecule has 0 fully saturated rings. The van der Waals surface area contributed by atoms with Gasteiger partial charge in [0.15, 0.2) is 5.78 Å². The van der Waals surface area contributed by atoms with Gasteiger partial charge in [-0.05, 0) is 31.2 Å². The molecule has 0 amide bonds. The van der Waals surface area contributed by atoms with E-state index in [4.69, 9.17) is 0 Å². The van der Waals surface area contributed by atoms with E-state index < -0.39 is 4.92 Å². The lowest BCUT2D eigenvalue weighted by atomic mass is 10.1. The fourth-order valence-corrected chi connectivity index (χ4v) is 2.36. The van der Waals surface area contributed by atoms with Gasteiger partial charge in [-0.25, -0.2) is 4.98 Å². The van der Waals surface area contributed by atoms with Gasteiger partial charge in [-0.2, -0.15) is 0 Å². The lowest BCUT2D eigenvalue weighted by Crippen LogP contribution is -2.00. The van der Waals surface area contributed by atoms with E-state index in [9.17, 15) is 14.9 Å². The van der Waals surface area contributed by atoms with E-state index >= 15 is 0 Å². The third-order valence-electron chi connectivity index (χ3n) is 2.40. The van der Waals surface area contributed by atoms with Crippen molar-refractivity contribution in [3.05, 3.63) is 58.3 Å². The first-order chi connectivity index (χ1) is 9.08. The number of Topliss-reactive ketones (excluding diaryl/α,β-unsaturated/α-hetero) is 1. The summed E-state index contributed by atoms with van der Waals surface area (Å²) in [5, 5.41) is 11.6. The highest BCUT2D eigenvalue weighted by molar-refractivity contribution is 7.99. The maximum atomic E-state index is 11.4. The minimum atomic E-state index is -0.550. The standard InChI is InChI=1S/C13H10N2O3S/c1-9(16)11-8-10(5-6-12(11)15(17)18)19-13-4-2-3-7-14-13/h2-8H,1H3. The number of pyridine rings is 1. The minimum absolute atomic E-state index is 0.117. The molecule has 0 aliphatic carbocycles. The van der Waals surface area contributed by atoms with Crippen LogP contribution < -0.4 is 0 Å². The fourth-order valence-electron chi connectivity index (χ4n) is 1.55. The molecular formula is C13H10N2O3S. The molecule has 1 aromatic carbocycles. The topological polar surface area (TPSA) is 73.1 Å². The summed E-state index contributed by atoms with van der Waals surface area (Å²) in [6.07, 6.45) is 1.67. The summed E-state index contributed by atoms with van der Waals surface area (Å²) < 4.78 is 0. The Kier molecular flexibility index (Phi) is 3.91. The summed E-state index contributed by atoms with van der Waals surface area (Å²) in [4.78, 5) is 26.6. The SMILES string of the molecule is CC(=O)c1cc(Sc2ccccn2)ccc1[N+](=O)[O-]. The van der Waals surface area contributed by atoms with Crippen LogP contribution in [0, 0.1) is 10.1 Å². The lowest BCUT2D eigenvalue weighted by Gasteiger charge is -2.03. The Morgan fingerprint density at radius 2 is 2.11 bits per heavy atom. The first-order valence-corrected chi connectivity index (χ1v) is 6.28. The van der Waals surface area contributed by atoms with Crippen molar-refractivity contribution in [1.82, 2.24) is 4.98 Å². The molecule has 0 unspecified atom stereocenters. The van der Waals surface area contributed by atoms with Crippen molar-refractivity contribution in [3.63, 3.8) is 0 Å². The first kappa shape index (κ1) is 13.2. The molecule has 0 radical (unpaired) electrons. The van der Waals surface area contributed by atoms with Gasteiger partial charge in [-0.3, -0.25) is 14.9 Å². The third-order valence-corrected chi connectivity index (χ3v) is 3.34. The molecule has 0 spiro atoms. The molecule has 6 heteroatoms. The maximum absolute atomic E-state index is 11.4. The van der Waals surface area contributed by atoms with Crippen LogP contribution in [0.1, 0.15) is 17.3 Å². The summed E-state index contributed by atoms with van der Waals surface area (Å²) in [7, 11) is 0. The molecule has 2 aromatic rings. The number of nitro benzene ring substituents is 1. The molecule has 19 heavy (non-hydrogen) atoms. The van der Waals surface area contributed by atoms with Crippen LogP contribution in [-0.2, 0) is 0 Å². The highest BCUT2D eigenvalue weighted by Gasteiger charge is 2.17. The van der Waals surface area contributed by atoms with Gasteiger partial charge >= 0.3 is 0 Å². The molecule has 2 rings (SSSR count). The molecule has 0 N–H and O–H groups in total. The van der Waals surface area contributed by atoms with Gasteiger partial charge in [0.25, 0.3) is 5.69 Å². The largest absolute Gasteiger partial charge is 0.294 e. The average Bonchev–Trinajstić information content (AvgIpc) is 2.39. The van der Waals surface area contributed by atoms with Crippen molar-refractivity contribution in [2.24, 2.45) is 0 Å². The van der Waals surface area contributed by atoms with Gasteiger partial charge < -0.3 is 0 Å². The van der Waals surface area contributed by atoms with Crippen LogP contribution >= 0.6 is 11.8 Å². The van der Waals surface area contributed by atoms with Crippen molar-refractivity contribution in [2.45, 2.75) is 16.8 Å². The Morgan fingerprint density at radius 1 is 1.32 bits per heavy atom. The molecule has 0 saturated carbocycles. The Bertz CT molecular complexity index is 629. The summed E-state index contributed by atoms with van der Waals surface area (Å²) in [5.74, 6) is -0.324. The average molecular weight is 274 g/mol. The van der Waals surface area contributed by atoms with Crippen LogP contribution in [0.25, 0.3) is 0 Å². The third kappa shape index (κ3) is 3.17. The predicted molar refractivity (Wildman–Crippen MR) is 71.5 cm³/mol. The second-order valence-corrected chi connectivity index (χ2v) is 4.86. The molecular weight excluding hydrogens is 264 g/mol. The van der Waals surface area contributed by atoms with E-state index in [1.165, 1.54) is 30.8 Å². The van der Waals surface area contributed by atoms with E-state index in [1.807, 2.05) is 12.1 Å². The highest BCUT2D eigenvalue weighted by atomic mass is 32.2. The van der Waals surface area contributed by atoms with Crippen LogP contribution in [0.5, 0.6) is 0 Å². The Balaban J connectivity index is 2.36. The van der Waals surface area contributed by atoms with Crippen molar-refractivity contribution >= 4 is 23.2 Å². The monoisotopic (exact) mass is 274 g/mol. The van der Waals surface area contributed by atoms with Crippen molar-refractivity contribution in [1.29, 1.82) is 0 Å². The summed E-state index contributed by atoms with van der Waals surface area (Å²) in [6, 6.07) is 9.98. The van der Waals surface area contributed by atoms with Crippen LogP contribution in [0.15, 0.2) is 52.5 Å². The number of ketones is 1. The van der Waals surface area contributed by atoms with Crippen LogP contribution in [-0.4, -0.2) is 15.7 Å². The number of benzene rings is 1. The number of nitrogens with zero attached hydrogens (tertiary/aromatic N) is 2. The minimum Gasteiger partial charge on any atom is -0.294 e. The number of nitro groups is 1. The highest BCUT2D eigenvalue weighted by Crippen LogP contribution is 2.30. The number of rotatable bonds is 4. The second-order valence-electron chi connectivity index (χ2n) is 3.76. The van der Waals surface area contributed by atoms with E-state index in [1.54, 1.807) is 18.3 Å². The zero-order chi connectivity index (χ0) is 13.8. The van der Waals surface area contributed by atoms with E-state index in [2.05, 4.69) is 4.98 Å². The van der Waals surface area contributed by atoms with Gasteiger partial charge in [0.05, 0.1) is 10.5 Å². The lowest BCUT2D eigenvalue weighted by molar-refractivity contribution is -0.385. The zero-order valence-corrected chi connectivity index (χ0v) is 10.9. The quantitative estimate of drug-likeness (QED) is 0.485. The second kappa shape index (κ2) is 5.62. The maximum Gasteiger partial charge on any atom is 0.280 e. The number of aromatic nitrogens is 1. The van der Waals surface area contributed by atoms with Gasteiger partial charge in [0, 0.05) is 17.2 Å². The molecule has 0 saturated heterocycles. The van der Waals surface area contributed by atoms with Crippen molar-refractivity contribution in [2.75, 3.05) is 0 Å². The van der Waals surface area contributed by atoms with Gasteiger partial charge in [-0.1, -0.05) is 17.8 Å². The molecule has 1 aromatic heterocycles. The first-order valence-electron chi connectivity index (χ1n) is 5.46. The Hall–Kier alpha value is -2.21. The number of hydrogen-bond acceptors (Lipinski definition) is 5. The van der Waals surface area contributed by atoms with Crippen LogP contribution in [0.2, 0.25) is 0 Å². The van der Waals surface area contributed by atoms with Crippen LogP contribution in [0.3, 0.4) is 0 Å². The Morgan fingerprint density at radius 3 is 2.68 bits per heavy atom. The normalized spacial score (nSPS) is 10.2. The predicted octanol–water partition coefficient (Wildman–Crippen LogP) is 3.34. The molecule has 0 aliphatic rings. The Labute approximate surface area is 113 Å². The van der Waals surface area contributed by atoms with Crippen molar-refractivity contribution in [3.8, 4) is 0 Å². The van der Waals surface area contributed by atoms with Crippen molar-refractivity contribution < 1.29 is 9.72 Å². The summed E-state index contributed by atoms with van der Waals surface area (Å²) >= 11 is 1.35. The zero-order valence-electron chi connectivity index (χ0n) is 10.1. The molecule has 1 heterocycles. The van der Waals surface area contributed by atoms with Crippen LogP contribution in [0.4, 0.5) is 5.69 Å². The number of hydrogen-bond donors (Lipinski definition) is 0. The fraction of sp³-hybridized carbons (Fsp3) is 0.0769. The van der Waals surface area contributed by atoms with Gasteiger partial charge in [-0.15, -0.1) is 0 Å². The molecule has 0 aliphatic heterocycles. The number of carbonyl (C=O) groups is 1. The van der Waals surface area contributed by atoms with Gasteiger partial charge in [0.2, 0.25) is 0 Å². The summed E-state index contributed by atoms with van der Waals surface area (Å²) in [6.45, 7) is 1.32. The van der Waals surface area contributed by atoms with E-state index in [0.717, 1.165) is 9.92 Å². The smallest absolute Gasteiger partial charge is 0.280 e. The molecule has 96 valence electrons. The van der Waals surface area contributed by atoms with E-state index in [-0.39, 0.29) is 17.0 Å². The van der Waals surface area contributed by atoms with E-state index in [0.29, 0.717) is 0 Å². The molecule has 0 atom stereocenters. The number of carbonyl (C=O) groups excluding carboxylic acids is 1. The summed E-state index contributed by atoms with van der Waals surface area (Å²) in [5.41, 5.74) is -0.0520. The molecule has 5 nitrogen and oxygen atoms in total. The molecule has 0 bridgehead atoms. The van der Waals surface area contributed by atoms with Gasteiger partial charge in [0.1, 0.15) is 5.03 Å².